The second-order valence-electron chi connectivity index (χ2n) is 20.8. The average Bonchev–Trinajstić information content (AvgIpc) is 3.31. The monoisotopic (exact) mass is 967 g/mol. The normalized spacial score (nSPS) is 11.4. The summed E-state index contributed by atoms with van der Waals surface area (Å²) in [5, 5.41) is 30.4. The Morgan fingerprint density at radius 3 is 0.746 bits per heavy atom. The Balaban J connectivity index is 0. The number of phenolic OH excluding ortho intramolecular Hbond substituents is 1. The molecule has 67 heavy (non-hydrogen) atoms. The van der Waals surface area contributed by atoms with Gasteiger partial charge in [0.2, 0.25) is 0 Å². The zero-order chi connectivity index (χ0) is 51.2. The van der Waals surface area contributed by atoms with E-state index in [1.807, 2.05) is 18.2 Å². The summed E-state index contributed by atoms with van der Waals surface area (Å²) >= 11 is 0. The van der Waals surface area contributed by atoms with Gasteiger partial charge >= 0.3 is 0 Å². The maximum absolute atomic E-state index is 10.3. The number of carboxylic acids is 2. The molecule has 0 atom stereocenters. The minimum Gasteiger partial charge on any atom is -0.545 e. The Morgan fingerprint density at radius 2 is 0.597 bits per heavy atom. The van der Waals surface area contributed by atoms with E-state index in [4.69, 9.17) is 0 Å². The number of hydrogen-bond donors (Lipinski definition) is 1. The average molecular weight is 967 g/mol. The van der Waals surface area contributed by atoms with Crippen LogP contribution in [0.5, 0.6) is 5.75 Å². The maximum Gasteiger partial charge on any atom is 0.123 e. The molecular formula is C60H104O5P2. The van der Waals surface area contributed by atoms with Gasteiger partial charge in [-0.3, -0.25) is 0 Å². The van der Waals surface area contributed by atoms with Gasteiger partial charge in [-0.2, -0.15) is 0 Å². The number of carbonyl (C=O) groups excluding carboxylic acids is 2. The molecule has 0 aliphatic heterocycles. The van der Waals surface area contributed by atoms with E-state index >= 15 is 0 Å². The first-order valence-corrected chi connectivity index (χ1v) is 31.9. The number of phenols is 1. The number of aromatic hydroxyl groups is 1. The highest BCUT2D eigenvalue weighted by molar-refractivity contribution is 7.76. The van der Waals surface area contributed by atoms with Crippen molar-refractivity contribution >= 4 is 26.5 Å². The third kappa shape index (κ3) is 31.2. The van der Waals surface area contributed by atoms with Crippen LogP contribution in [0.1, 0.15) is 232 Å². The molecule has 0 aliphatic carbocycles. The van der Waals surface area contributed by atoms with Crippen LogP contribution in [0.25, 0.3) is 0 Å². The van der Waals surface area contributed by atoms with Crippen LogP contribution in [0.2, 0.25) is 0 Å². The Bertz CT molecular complexity index is 1430. The summed E-state index contributed by atoms with van der Waals surface area (Å²) in [6, 6.07) is 22.2. The van der Waals surface area contributed by atoms with Crippen LogP contribution in [0, 0.1) is 0 Å². The molecule has 0 saturated heterocycles. The Morgan fingerprint density at radius 1 is 0.388 bits per heavy atom. The lowest BCUT2D eigenvalue weighted by Crippen LogP contribution is -2.21. The first-order chi connectivity index (χ1) is 31.7. The van der Waals surface area contributed by atoms with Crippen LogP contribution >= 0.6 is 14.5 Å². The van der Waals surface area contributed by atoms with Crippen molar-refractivity contribution in [2.45, 2.75) is 210 Å². The van der Waals surface area contributed by atoms with E-state index in [1.54, 1.807) is 85.7 Å². The van der Waals surface area contributed by atoms with Gasteiger partial charge in [0, 0.05) is 14.5 Å². The SMILES string of the molecule is CC(C)(C)c1cccc(C(C)(C)C)c1O.CCCC[P+](CCCC)(CCCC)CCCC.CCCC[P+](CCCC)(CCCC)CCCC.O=C([O-])c1ccccc1.O=C([O-])c1ccccc1. The first kappa shape index (κ1) is 66.3. The molecule has 0 amide bonds. The van der Waals surface area contributed by atoms with Crippen molar-refractivity contribution in [3.63, 3.8) is 0 Å². The topological polar surface area (TPSA) is 100 Å². The predicted octanol–water partition coefficient (Wildman–Crippen LogP) is 16.5. The fourth-order valence-corrected chi connectivity index (χ4v) is 18.8. The summed E-state index contributed by atoms with van der Waals surface area (Å²) in [6.45, 7) is 31.6. The van der Waals surface area contributed by atoms with Crippen LogP contribution in [0.3, 0.4) is 0 Å². The minimum absolute atomic E-state index is 0.00859. The maximum atomic E-state index is 10.3. The van der Waals surface area contributed by atoms with Gasteiger partial charge in [0.1, 0.15) is 5.75 Å². The Labute approximate surface area is 416 Å². The molecule has 384 valence electrons. The molecule has 0 bridgehead atoms. The van der Waals surface area contributed by atoms with Gasteiger partial charge < -0.3 is 24.9 Å². The zero-order valence-corrected chi connectivity index (χ0v) is 47.7. The van der Waals surface area contributed by atoms with E-state index in [0.717, 1.165) is 11.1 Å². The molecule has 3 aromatic carbocycles. The number of unbranched alkanes of at least 4 members (excludes halogenated alkanes) is 8. The lowest BCUT2D eigenvalue weighted by molar-refractivity contribution is -0.256. The van der Waals surface area contributed by atoms with Crippen LogP contribution in [-0.4, -0.2) is 66.3 Å². The Kier molecular flexibility index (Phi) is 38.6. The lowest BCUT2D eigenvalue weighted by atomic mass is 9.80. The van der Waals surface area contributed by atoms with Crippen LogP contribution in [-0.2, 0) is 10.8 Å². The second-order valence-corrected chi connectivity index (χ2v) is 29.8. The van der Waals surface area contributed by atoms with E-state index in [-0.39, 0.29) is 22.0 Å². The quantitative estimate of drug-likeness (QED) is 0.0808. The van der Waals surface area contributed by atoms with Crippen molar-refractivity contribution in [1.29, 1.82) is 0 Å². The highest BCUT2D eigenvalue weighted by Crippen LogP contribution is 2.62. The lowest BCUT2D eigenvalue weighted by Gasteiger charge is -2.28. The van der Waals surface area contributed by atoms with Gasteiger partial charge in [-0.1, -0.05) is 227 Å². The van der Waals surface area contributed by atoms with Crippen molar-refractivity contribution in [2.75, 3.05) is 49.3 Å². The van der Waals surface area contributed by atoms with Crippen LogP contribution < -0.4 is 10.2 Å². The van der Waals surface area contributed by atoms with Gasteiger partial charge in [-0.15, -0.1) is 0 Å². The molecule has 0 heterocycles. The van der Waals surface area contributed by atoms with Crippen molar-refractivity contribution in [1.82, 2.24) is 0 Å². The van der Waals surface area contributed by atoms with E-state index in [9.17, 15) is 24.9 Å². The number of hydrogen-bond acceptors (Lipinski definition) is 5. The minimum atomic E-state index is -1.13. The Hall–Kier alpha value is -2.74. The number of carboxylic acid groups (broad SMARTS) is 2. The van der Waals surface area contributed by atoms with E-state index in [1.165, 1.54) is 127 Å². The fourth-order valence-electron chi connectivity index (χ4n) is 8.19. The molecule has 0 unspecified atom stereocenters. The largest absolute Gasteiger partial charge is 0.545 e. The summed E-state index contributed by atoms with van der Waals surface area (Å²) in [5.74, 6) is -1.80. The van der Waals surface area contributed by atoms with Gasteiger partial charge in [-0.25, -0.2) is 0 Å². The number of benzene rings is 3. The van der Waals surface area contributed by atoms with Crippen LogP contribution in [0.15, 0.2) is 78.9 Å². The molecule has 0 saturated carbocycles. The number of rotatable bonds is 26. The molecule has 3 rings (SSSR count). The molecular weight excluding hydrogens is 863 g/mol. The fraction of sp³-hybridized carbons (Fsp3) is 0.667. The summed E-state index contributed by atoms with van der Waals surface area (Å²) in [7, 11) is -1.12. The smallest absolute Gasteiger partial charge is 0.123 e. The van der Waals surface area contributed by atoms with Crippen LogP contribution in [0.4, 0.5) is 0 Å². The van der Waals surface area contributed by atoms with Gasteiger partial charge in [-0.05, 0) is 84.5 Å². The number of aromatic carboxylic acids is 2. The highest BCUT2D eigenvalue weighted by atomic mass is 31.2. The predicted molar refractivity (Wildman–Crippen MR) is 299 cm³/mol. The third-order valence-electron chi connectivity index (χ3n) is 12.6. The van der Waals surface area contributed by atoms with E-state index in [2.05, 4.69) is 96.9 Å². The van der Waals surface area contributed by atoms with Gasteiger partial charge in [0.25, 0.3) is 0 Å². The van der Waals surface area contributed by atoms with Crippen molar-refractivity contribution in [2.24, 2.45) is 0 Å². The van der Waals surface area contributed by atoms with Crippen molar-refractivity contribution in [3.05, 3.63) is 101 Å². The van der Waals surface area contributed by atoms with E-state index in [0.29, 0.717) is 5.75 Å². The highest BCUT2D eigenvalue weighted by Gasteiger charge is 2.35. The zero-order valence-electron chi connectivity index (χ0n) is 46.0. The summed E-state index contributed by atoms with van der Waals surface area (Å²) in [4.78, 5) is 20.2. The molecule has 1 N–H and O–H groups in total. The molecule has 0 spiro atoms. The summed E-state index contributed by atoms with van der Waals surface area (Å²) in [6.07, 6.45) is 35.9. The number of para-hydroxylation sites is 1. The molecule has 7 heteroatoms. The molecule has 0 aromatic heterocycles. The van der Waals surface area contributed by atoms with Gasteiger partial charge in [0.15, 0.2) is 0 Å². The molecule has 0 radical (unpaired) electrons. The van der Waals surface area contributed by atoms with E-state index < -0.39 is 26.5 Å². The van der Waals surface area contributed by atoms with Crippen molar-refractivity contribution < 1.29 is 24.9 Å². The first-order valence-electron chi connectivity index (χ1n) is 26.8. The number of carbonyl (C=O) groups is 2. The standard InChI is InChI=1S/2C16H36P.C14H22O.2C7H6O2/c2*1-5-9-13-17(14-10-6-2,15-11-7-3)16-12-8-4;1-13(2,3)10-8-7-9-11(12(10)15)14(4,5)6;2*8-7(9)6-4-2-1-3-5-6/h2*5-16H2,1-4H3;7-9,15H,1-6H3;2*1-5H,(H,8,9)/q2*+1;;;/p-2. The summed E-state index contributed by atoms with van der Waals surface area (Å²) in [5.41, 5.74) is 2.47. The third-order valence-corrected chi connectivity index (χ3v) is 22.7. The molecule has 0 fully saturated rings. The summed E-state index contributed by atoms with van der Waals surface area (Å²) < 4.78 is 0. The molecule has 3 aromatic rings. The molecule has 0 aliphatic rings. The van der Waals surface area contributed by atoms with Gasteiger partial charge in [0.05, 0.1) is 61.2 Å². The van der Waals surface area contributed by atoms with Crippen molar-refractivity contribution in [3.8, 4) is 5.75 Å². The molecule has 5 nitrogen and oxygen atoms in total. The second kappa shape index (κ2) is 39.0.